The van der Waals surface area contributed by atoms with Crippen molar-refractivity contribution in [2.45, 2.75) is 19.8 Å². The molecule has 1 rings (SSSR count). The minimum atomic E-state index is -0.945. The second-order valence-corrected chi connectivity index (χ2v) is 4.61. The summed E-state index contributed by atoms with van der Waals surface area (Å²) in [5, 5.41) is 11.6. The Labute approximate surface area is 125 Å². The predicted molar refractivity (Wildman–Crippen MR) is 81.2 cm³/mol. The van der Waals surface area contributed by atoms with E-state index in [-0.39, 0.29) is 11.6 Å². The van der Waals surface area contributed by atoms with Gasteiger partial charge in [0.05, 0.1) is 12.1 Å². The highest BCUT2D eigenvalue weighted by atomic mass is 16.4. The third kappa shape index (κ3) is 5.57. The van der Waals surface area contributed by atoms with E-state index in [1.807, 2.05) is 6.92 Å². The monoisotopic (exact) mass is 288 g/mol. The molecule has 0 bridgehead atoms. The molecule has 0 aromatic heterocycles. The van der Waals surface area contributed by atoms with E-state index < -0.39 is 5.97 Å². The Hall–Kier alpha value is -2.48. The van der Waals surface area contributed by atoms with Crippen molar-refractivity contribution < 1.29 is 14.7 Å². The zero-order chi connectivity index (χ0) is 15.7. The Morgan fingerprint density at radius 1 is 1.33 bits per heavy atom. The summed E-state index contributed by atoms with van der Waals surface area (Å²) in [5.74, 6) is 1.52. The number of urea groups is 1. The quantitative estimate of drug-likeness (QED) is 0.754. The van der Waals surface area contributed by atoms with E-state index in [0.29, 0.717) is 26.1 Å². The van der Waals surface area contributed by atoms with Crippen LogP contribution >= 0.6 is 0 Å². The fourth-order valence-corrected chi connectivity index (χ4v) is 1.87. The molecule has 21 heavy (non-hydrogen) atoms. The van der Waals surface area contributed by atoms with Gasteiger partial charge in [-0.15, -0.1) is 6.42 Å². The number of carboxylic acid groups (broad SMARTS) is 1. The Bertz CT molecular complexity index is 517. The summed E-state index contributed by atoms with van der Waals surface area (Å²) in [4.78, 5) is 24.2. The number of rotatable bonds is 7. The van der Waals surface area contributed by atoms with Crippen LogP contribution < -0.4 is 5.32 Å². The van der Waals surface area contributed by atoms with Gasteiger partial charge in [-0.1, -0.05) is 25.0 Å². The van der Waals surface area contributed by atoms with Gasteiger partial charge in [0.1, 0.15) is 0 Å². The lowest BCUT2D eigenvalue weighted by molar-refractivity contribution is 0.0697. The van der Waals surface area contributed by atoms with Crippen molar-refractivity contribution in [2.75, 3.05) is 19.6 Å². The molecule has 2 amide bonds. The second-order valence-electron chi connectivity index (χ2n) is 4.61. The van der Waals surface area contributed by atoms with Crippen LogP contribution in [0.2, 0.25) is 0 Å². The number of nitrogens with zero attached hydrogens (tertiary/aromatic N) is 1. The van der Waals surface area contributed by atoms with Gasteiger partial charge in [0, 0.05) is 13.1 Å². The predicted octanol–water partition coefficient (Wildman–Crippen LogP) is 1.98. The van der Waals surface area contributed by atoms with Gasteiger partial charge in [0.15, 0.2) is 0 Å². The maximum absolute atomic E-state index is 11.9. The van der Waals surface area contributed by atoms with Gasteiger partial charge in [0.25, 0.3) is 0 Å². The number of aromatic carboxylic acids is 1. The Morgan fingerprint density at radius 2 is 2.00 bits per heavy atom. The van der Waals surface area contributed by atoms with Crippen molar-refractivity contribution in [3.05, 3.63) is 35.4 Å². The van der Waals surface area contributed by atoms with E-state index in [9.17, 15) is 9.59 Å². The lowest BCUT2D eigenvalue weighted by Crippen LogP contribution is -2.41. The average molecular weight is 288 g/mol. The van der Waals surface area contributed by atoms with E-state index >= 15 is 0 Å². The van der Waals surface area contributed by atoms with Crippen LogP contribution in [0, 0.1) is 12.3 Å². The molecule has 0 aliphatic rings. The van der Waals surface area contributed by atoms with Crippen molar-refractivity contribution in [1.82, 2.24) is 10.2 Å². The average Bonchev–Trinajstić information content (AvgIpc) is 2.47. The molecule has 0 saturated carbocycles. The fraction of sp³-hybridized carbons (Fsp3) is 0.375. The minimum Gasteiger partial charge on any atom is -0.478 e. The molecule has 0 radical (unpaired) electrons. The normalized spacial score (nSPS) is 9.71. The third-order valence-corrected chi connectivity index (χ3v) is 2.95. The summed E-state index contributed by atoms with van der Waals surface area (Å²) < 4.78 is 0. The van der Waals surface area contributed by atoms with Crippen molar-refractivity contribution in [3.63, 3.8) is 0 Å². The topological polar surface area (TPSA) is 69.6 Å². The lowest BCUT2D eigenvalue weighted by atomic mass is 10.1. The number of carbonyl (C=O) groups is 2. The molecule has 2 N–H and O–H groups in total. The van der Waals surface area contributed by atoms with Gasteiger partial charge in [-0.25, -0.2) is 9.59 Å². The number of benzene rings is 1. The zero-order valence-corrected chi connectivity index (χ0v) is 12.1. The molecule has 0 aliphatic heterocycles. The van der Waals surface area contributed by atoms with Crippen molar-refractivity contribution >= 4 is 12.0 Å². The first kappa shape index (κ1) is 16.6. The number of amides is 2. The van der Waals surface area contributed by atoms with E-state index in [2.05, 4.69) is 11.2 Å². The molecule has 5 heteroatoms. The van der Waals surface area contributed by atoms with E-state index in [0.717, 1.165) is 12.0 Å². The fourth-order valence-electron chi connectivity index (χ4n) is 1.87. The van der Waals surface area contributed by atoms with Crippen LogP contribution in [-0.4, -0.2) is 41.6 Å². The maximum atomic E-state index is 11.9. The Balaban J connectivity index is 2.43. The van der Waals surface area contributed by atoms with E-state index in [1.54, 1.807) is 29.2 Å². The van der Waals surface area contributed by atoms with Gasteiger partial charge < -0.3 is 15.3 Å². The summed E-state index contributed by atoms with van der Waals surface area (Å²) in [6.45, 7) is 3.40. The van der Waals surface area contributed by atoms with Gasteiger partial charge in [0.2, 0.25) is 0 Å². The number of hydrogen-bond acceptors (Lipinski definition) is 2. The first-order valence-corrected chi connectivity index (χ1v) is 6.87. The number of nitrogens with one attached hydrogen (secondary N) is 1. The second kappa shape index (κ2) is 8.64. The Kier molecular flexibility index (Phi) is 6.82. The third-order valence-electron chi connectivity index (χ3n) is 2.95. The zero-order valence-electron chi connectivity index (χ0n) is 12.1. The largest absolute Gasteiger partial charge is 0.478 e. The molecule has 0 heterocycles. The van der Waals surface area contributed by atoms with Crippen molar-refractivity contribution in [3.8, 4) is 12.3 Å². The van der Waals surface area contributed by atoms with Crippen LogP contribution in [-0.2, 0) is 6.42 Å². The van der Waals surface area contributed by atoms with Crippen LogP contribution in [0.4, 0.5) is 4.79 Å². The highest BCUT2D eigenvalue weighted by molar-refractivity contribution is 5.87. The maximum Gasteiger partial charge on any atom is 0.335 e. The van der Waals surface area contributed by atoms with Gasteiger partial charge in [-0.3, -0.25) is 0 Å². The molecular formula is C16H20N2O3. The summed E-state index contributed by atoms with van der Waals surface area (Å²) in [6.07, 6.45) is 6.73. The number of carbonyl (C=O) groups excluding carboxylic acids is 1. The number of hydrogen-bond donors (Lipinski definition) is 2. The van der Waals surface area contributed by atoms with Gasteiger partial charge in [-0.2, -0.15) is 0 Å². The molecule has 5 nitrogen and oxygen atoms in total. The molecule has 0 unspecified atom stereocenters. The molecule has 0 atom stereocenters. The Morgan fingerprint density at radius 3 is 2.52 bits per heavy atom. The van der Waals surface area contributed by atoms with Gasteiger partial charge >= 0.3 is 12.0 Å². The first-order chi connectivity index (χ1) is 10.1. The molecule has 0 saturated heterocycles. The van der Waals surface area contributed by atoms with Gasteiger partial charge in [-0.05, 0) is 30.5 Å². The summed E-state index contributed by atoms with van der Waals surface area (Å²) in [7, 11) is 0. The van der Waals surface area contributed by atoms with Crippen LogP contribution in [0.15, 0.2) is 24.3 Å². The van der Waals surface area contributed by atoms with Crippen LogP contribution in [0.5, 0.6) is 0 Å². The molecule has 1 aromatic rings. The highest BCUT2D eigenvalue weighted by Crippen LogP contribution is 2.05. The van der Waals surface area contributed by atoms with Crippen LogP contribution in [0.25, 0.3) is 0 Å². The lowest BCUT2D eigenvalue weighted by Gasteiger charge is -2.19. The standard InChI is InChI=1S/C16H20N2O3/c1-3-11-18(12-4-2)16(21)17-10-9-13-5-7-14(8-6-13)15(19)20/h1,5-8H,4,9-12H2,2H3,(H,17,21)(H,19,20). The highest BCUT2D eigenvalue weighted by Gasteiger charge is 2.10. The molecule has 0 aliphatic carbocycles. The van der Waals surface area contributed by atoms with Crippen molar-refractivity contribution in [1.29, 1.82) is 0 Å². The van der Waals surface area contributed by atoms with Crippen LogP contribution in [0.3, 0.4) is 0 Å². The molecule has 112 valence electrons. The number of terminal acetylenes is 1. The number of carboxylic acids is 1. The molecule has 0 fully saturated rings. The smallest absolute Gasteiger partial charge is 0.335 e. The van der Waals surface area contributed by atoms with E-state index in [4.69, 9.17) is 11.5 Å². The summed E-state index contributed by atoms with van der Waals surface area (Å²) in [6, 6.07) is 6.45. The summed E-state index contributed by atoms with van der Waals surface area (Å²) >= 11 is 0. The SMILES string of the molecule is C#CCN(CCC)C(=O)NCCc1ccc(C(=O)O)cc1. The van der Waals surface area contributed by atoms with E-state index in [1.165, 1.54) is 0 Å². The molecular weight excluding hydrogens is 268 g/mol. The molecule has 0 spiro atoms. The minimum absolute atomic E-state index is 0.169. The van der Waals surface area contributed by atoms with Crippen LogP contribution in [0.1, 0.15) is 29.3 Å². The summed E-state index contributed by atoms with van der Waals surface area (Å²) in [5.41, 5.74) is 1.23. The van der Waals surface area contributed by atoms with Crippen molar-refractivity contribution in [2.24, 2.45) is 0 Å². The molecule has 1 aromatic carbocycles. The first-order valence-electron chi connectivity index (χ1n) is 6.87.